The van der Waals surface area contributed by atoms with Gasteiger partial charge in [-0.2, -0.15) is 0 Å². The van der Waals surface area contributed by atoms with Gasteiger partial charge in [0.1, 0.15) is 10.8 Å². The molecule has 29 heavy (non-hydrogen) atoms. The summed E-state index contributed by atoms with van der Waals surface area (Å²) < 4.78 is 10.5. The Morgan fingerprint density at radius 2 is 2.07 bits per heavy atom. The van der Waals surface area contributed by atoms with Gasteiger partial charge in [-0.05, 0) is 38.8 Å². The minimum Gasteiger partial charge on any atom is -0.449 e. The van der Waals surface area contributed by atoms with Gasteiger partial charge in [-0.3, -0.25) is 4.79 Å². The first-order chi connectivity index (χ1) is 14.0. The monoisotopic (exact) mass is 417 g/mol. The lowest BCUT2D eigenvalue weighted by atomic mass is 10.1. The third-order valence-corrected chi connectivity index (χ3v) is 5.92. The van der Waals surface area contributed by atoms with E-state index in [1.807, 2.05) is 13.0 Å². The number of rotatable bonds is 7. The molecule has 0 radical (unpaired) electrons. The zero-order chi connectivity index (χ0) is 20.6. The maximum absolute atomic E-state index is 12.7. The van der Waals surface area contributed by atoms with Crippen LogP contribution in [0.3, 0.4) is 0 Å². The number of carbonyl (C=O) groups excluding carboxylic acids is 2. The third kappa shape index (κ3) is 6.32. The van der Waals surface area contributed by atoms with Crippen molar-refractivity contribution in [2.75, 3.05) is 0 Å². The second-order valence-corrected chi connectivity index (χ2v) is 8.28. The quantitative estimate of drug-likeness (QED) is 0.412. The molecule has 7 nitrogen and oxygen atoms in total. The minimum atomic E-state index is -0.859. The van der Waals surface area contributed by atoms with Crippen molar-refractivity contribution in [2.24, 2.45) is 0 Å². The summed E-state index contributed by atoms with van der Waals surface area (Å²) in [6.45, 7) is 3.43. The lowest BCUT2D eigenvalue weighted by Crippen LogP contribution is -2.41. The van der Waals surface area contributed by atoms with E-state index < -0.39 is 12.1 Å². The van der Waals surface area contributed by atoms with Crippen LogP contribution in [0.2, 0.25) is 0 Å². The highest BCUT2D eigenvalue weighted by atomic mass is 32.2. The predicted molar refractivity (Wildman–Crippen MR) is 110 cm³/mol. The zero-order valence-corrected chi connectivity index (χ0v) is 17.7. The van der Waals surface area contributed by atoms with Crippen LogP contribution in [0, 0.1) is 6.92 Å². The van der Waals surface area contributed by atoms with E-state index in [-0.39, 0.29) is 11.9 Å². The van der Waals surface area contributed by atoms with Gasteiger partial charge in [0.15, 0.2) is 6.10 Å². The summed E-state index contributed by atoms with van der Waals surface area (Å²) in [5.74, 6) is 0.448. The highest BCUT2D eigenvalue weighted by Gasteiger charge is 2.24. The van der Waals surface area contributed by atoms with E-state index in [4.69, 9.17) is 9.26 Å². The number of amides is 1. The molecule has 1 atom stereocenters. The summed E-state index contributed by atoms with van der Waals surface area (Å²) in [6, 6.07) is 5.34. The Kier molecular flexibility index (Phi) is 7.69. The van der Waals surface area contributed by atoms with E-state index >= 15 is 0 Å². The summed E-state index contributed by atoms with van der Waals surface area (Å²) in [5.41, 5.74) is 1.11. The van der Waals surface area contributed by atoms with Gasteiger partial charge in [-0.25, -0.2) is 9.78 Å². The lowest BCUT2D eigenvalue weighted by Gasteiger charge is -2.20. The molecular formula is C21H27N3O4S. The molecule has 0 aromatic carbocycles. The SMILES string of the molecule is Cc1cc(CSc2ncccc2C(=O)O[C@H](C)C(=O)NC2CCCCCC2)no1. The maximum atomic E-state index is 12.7. The van der Waals surface area contributed by atoms with Crippen molar-refractivity contribution in [1.82, 2.24) is 15.5 Å². The van der Waals surface area contributed by atoms with E-state index in [0.29, 0.717) is 16.3 Å². The Morgan fingerprint density at radius 3 is 2.76 bits per heavy atom. The molecule has 1 aliphatic carbocycles. The van der Waals surface area contributed by atoms with E-state index in [1.165, 1.54) is 24.6 Å². The summed E-state index contributed by atoms with van der Waals surface area (Å²) in [4.78, 5) is 29.4. The van der Waals surface area contributed by atoms with Crippen LogP contribution in [-0.2, 0) is 15.3 Å². The van der Waals surface area contributed by atoms with Gasteiger partial charge in [0.05, 0.1) is 11.3 Å². The summed E-state index contributed by atoms with van der Waals surface area (Å²) >= 11 is 1.37. The molecular weight excluding hydrogens is 390 g/mol. The predicted octanol–water partition coefficient (Wildman–Crippen LogP) is 4.05. The Morgan fingerprint density at radius 1 is 1.31 bits per heavy atom. The van der Waals surface area contributed by atoms with Crippen molar-refractivity contribution in [3.63, 3.8) is 0 Å². The summed E-state index contributed by atoms with van der Waals surface area (Å²) in [5, 5.41) is 7.51. The molecule has 156 valence electrons. The second-order valence-electron chi connectivity index (χ2n) is 7.32. The van der Waals surface area contributed by atoms with E-state index in [0.717, 1.165) is 37.1 Å². The smallest absolute Gasteiger partial charge is 0.341 e. The fraction of sp³-hybridized carbons (Fsp3) is 0.524. The van der Waals surface area contributed by atoms with Crippen LogP contribution in [0.4, 0.5) is 0 Å². The van der Waals surface area contributed by atoms with E-state index in [1.54, 1.807) is 25.3 Å². The molecule has 0 aliphatic heterocycles. The largest absolute Gasteiger partial charge is 0.449 e. The average Bonchev–Trinajstić information content (AvgIpc) is 2.96. The van der Waals surface area contributed by atoms with Crippen LogP contribution < -0.4 is 5.32 Å². The van der Waals surface area contributed by atoms with Gasteiger partial charge in [0, 0.05) is 24.1 Å². The van der Waals surface area contributed by atoms with Gasteiger partial charge in [0.25, 0.3) is 5.91 Å². The molecule has 0 bridgehead atoms. The van der Waals surface area contributed by atoms with Crippen molar-refractivity contribution in [2.45, 2.75) is 75.3 Å². The number of aromatic nitrogens is 2. The van der Waals surface area contributed by atoms with Crippen LogP contribution in [0.1, 0.15) is 67.3 Å². The van der Waals surface area contributed by atoms with E-state index in [9.17, 15) is 9.59 Å². The zero-order valence-electron chi connectivity index (χ0n) is 16.8. The first-order valence-electron chi connectivity index (χ1n) is 10.0. The number of pyridine rings is 1. The molecule has 2 heterocycles. The molecule has 0 spiro atoms. The molecule has 1 aliphatic rings. The maximum Gasteiger partial charge on any atom is 0.341 e. The topological polar surface area (TPSA) is 94.3 Å². The number of esters is 1. The molecule has 1 saturated carbocycles. The summed E-state index contributed by atoms with van der Waals surface area (Å²) in [7, 11) is 0. The van der Waals surface area contributed by atoms with E-state index in [2.05, 4.69) is 15.5 Å². The number of hydrogen-bond donors (Lipinski definition) is 1. The van der Waals surface area contributed by atoms with Gasteiger partial charge >= 0.3 is 5.97 Å². The minimum absolute atomic E-state index is 0.168. The molecule has 0 saturated heterocycles. The van der Waals surface area contributed by atoms with Crippen LogP contribution in [0.25, 0.3) is 0 Å². The molecule has 2 aromatic rings. The number of thioether (sulfide) groups is 1. The number of nitrogens with zero attached hydrogens (tertiary/aromatic N) is 2. The summed E-state index contributed by atoms with van der Waals surface area (Å²) in [6.07, 6.45) is 7.41. The fourth-order valence-corrected chi connectivity index (χ4v) is 4.17. The molecule has 1 N–H and O–H groups in total. The van der Waals surface area contributed by atoms with Crippen LogP contribution in [0.5, 0.6) is 0 Å². The average molecular weight is 418 g/mol. The van der Waals surface area contributed by atoms with Gasteiger partial charge < -0.3 is 14.6 Å². The molecule has 1 amide bonds. The number of ether oxygens (including phenoxy) is 1. The molecule has 3 rings (SSSR count). The third-order valence-electron chi connectivity index (χ3n) is 4.88. The molecule has 8 heteroatoms. The van der Waals surface area contributed by atoms with Crippen molar-refractivity contribution < 1.29 is 18.8 Å². The number of hydrogen-bond acceptors (Lipinski definition) is 7. The lowest BCUT2D eigenvalue weighted by molar-refractivity contribution is -0.129. The molecule has 2 aromatic heterocycles. The number of nitrogens with one attached hydrogen (secondary N) is 1. The Balaban J connectivity index is 1.57. The van der Waals surface area contributed by atoms with Gasteiger partial charge in [-0.15, -0.1) is 0 Å². The highest BCUT2D eigenvalue weighted by molar-refractivity contribution is 7.98. The second kappa shape index (κ2) is 10.4. The highest BCUT2D eigenvalue weighted by Crippen LogP contribution is 2.25. The number of aryl methyl sites for hydroxylation is 1. The van der Waals surface area contributed by atoms with Crippen molar-refractivity contribution in [3.05, 3.63) is 41.4 Å². The normalized spacial score (nSPS) is 16.1. The van der Waals surface area contributed by atoms with Gasteiger partial charge in [0.2, 0.25) is 0 Å². The van der Waals surface area contributed by atoms with Crippen LogP contribution in [-0.4, -0.2) is 34.2 Å². The Labute approximate surface area is 175 Å². The standard InChI is InChI=1S/C21H27N3O4S/c1-14-12-17(24-28-14)13-29-20-18(10-7-11-22-20)21(26)27-15(2)19(25)23-16-8-5-3-4-6-9-16/h7,10-12,15-16H,3-6,8-9,13H2,1-2H3,(H,23,25)/t15-/m1/s1. The van der Waals surface area contributed by atoms with Gasteiger partial charge in [-0.1, -0.05) is 42.6 Å². The Bertz CT molecular complexity index is 831. The number of carbonyl (C=O) groups is 2. The van der Waals surface area contributed by atoms with Crippen molar-refractivity contribution >= 4 is 23.6 Å². The first kappa shape index (κ1) is 21.4. The van der Waals surface area contributed by atoms with Crippen LogP contribution >= 0.6 is 11.8 Å². The fourth-order valence-electron chi connectivity index (χ4n) is 3.31. The molecule has 0 unspecified atom stereocenters. The Hall–Kier alpha value is -2.35. The van der Waals surface area contributed by atoms with Crippen molar-refractivity contribution in [3.8, 4) is 0 Å². The first-order valence-corrected chi connectivity index (χ1v) is 11.0. The van der Waals surface area contributed by atoms with Crippen molar-refractivity contribution in [1.29, 1.82) is 0 Å². The van der Waals surface area contributed by atoms with Crippen LogP contribution in [0.15, 0.2) is 33.9 Å². The molecule has 1 fully saturated rings.